The highest BCUT2D eigenvalue weighted by Gasteiger charge is 2.28. The standard InChI is InChI=1S/C14H31N3O2S/c1-13(2)15-9-6-10-16(4)20(18,19)17-11-5-7-14(3)8-12-17/h13-15H,5-12H2,1-4H3. The fraction of sp³-hybridized carbons (Fsp3) is 1.00. The Morgan fingerprint density at radius 3 is 2.65 bits per heavy atom. The minimum Gasteiger partial charge on any atom is -0.314 e. The van der Waals surface area contributed by atoms with Gasteiger partial charge < -0.3 is 5.32 Å². The van der Waals surface area contributed by atoms with E-state index in [-0.39, 0.29) is 0 Å². The summed E-state index contributed by atoms with van der Waals surface area (Å²) in [5.74, 6) is 0.635. The van der Waals surface area contributed by atoms with Gasteiger partial charge in [0.05, 0.1) is 0 Å². The Morgan fingerprint density at radius 1 is 1.30 bits per heavy atom. The van der Waals surface area contributed by atoms with E-state index in [1.54, 1.807) is 11.4 Å². The van der Waals surface area contributed by atoms with E-state index in [4.69, 9.17) is 0 Å². The molecule has 1 aliphatic heterocycles. The van der Waals surface area contributed by atoms with Crippen LogP contribution in [-0.4, -0.2) is 56.3 Å². The monoisotopic (exact) mass is 305 g/mol. The summed E-state index contributed by atoms with van der Waals surface area (Å²) in [6.07, 6.45) is 3.93. The second-order valence-electron chi connectivity index (χ2n) is 6.23. The Labute approximate surface area is 124 Å². The summed E-state index contributed by atoms with van der Waals surface area (Å²) < 4.78 is 28.2. The van der Waals surface area contributed by atoms with Crippen molar-refractivity contribution < 1.29 is 8.42 Å². The number of hydrogen-bond donors (Lipinski definition) is 1. The maximum Gasteiger partial charge on any atom is 0.281 e. The van der Waals surface area contributed by atoms with Crippen molar-refractivity contribution in [2.75, 3.05) is 33.2 Å². The Bertz CT molecular complexity index is 371. The number of hydrogen-bond acceptors (Lipinski definition) is 3. The van der Waals surface area contributed by atoms with E-state index in [2.05, 4.69) is 26.1 Å². The second-order valence-corrected chi connectivity index (χ2v) is 8.26. The smallest absolute Gasteiger partial charge is 0.281 e. The van der Waals surface area contributed by atoms with Crippen LogP contribution in [0.2, 0.25) is 0 Å². The van der Waals surface area contributed by atoms with Gasteiger partial charge in [0.1, 0.15) is 0 Å². The first-order valence-electron chi connectivity index (χ1n) is 7.79. The van der Waals surface area contributed by atoms with E-state index in [1.807, 2.05) is 0 Å². The molecule has 1 unspecified atom stereocenters. The minimum atomic E-state index is -3.27. The van der Waals surface area contributed by atoms with Crippen LogP contribution in [0.25, 0.3) is 0 Å². The van der Waals surface area contributed by atoms with Gasteiger partial charge >= 0.3 is 0 Å². The van der Waals surface area contributed by atoms with Crippen molar-refractivity contribution >= 4 is 10.2 Å². The Kier molecular flexibility index (Phi) is 7.43. The van der Waals surface area contributed by atoms with E-state index >= 15 is 0 Å². The van der Waals surface area contributed by atoms with Gasteiger partial charge in [0, 0.05) is 32.7 Å². The van der Waals surface area contributed by atoms with Gasteiger partial charge in [-0.25, -0.2) is 0 Å². The van der Waals surface area contributed by atoms with Gasteiger partial charge in [-0.2, -0.15) is 17.0 Å². The molecule has 20 heavy (non-hydrogen) atoms. The van der Waals surface area contributed by atoms with Crippen LogP contribution >= 0.6 is 0 Å². The van der Waals surface area contributed by atoms with E-state index < -0.39 is 10.2 Å². The van der Waals surface area contributed by atoms with Crippen LogP contribution in [-0.2, 0) is 10.2 Å². The van der Waals surface area contributed by atoms with Crippen molar-refractivity contribution in [1.29, 1.82) is 0 Å². The van der Waals surface area contributed by atoms with Gasteiger partial charge in [0.25, 0.3) is 10.2 Å². The van der Waals surface area contributed by atoms with Crippen molar-refractivity contribution in [3.05, 3.63) is 0 Å². The molecule has 0 amide bonds. The molecule has 1 saturated heterocycles. The molecular formula is C14H31N3O2S. The molecule has 1 aliphatic rings. The summed E-state index contributed by atoms with van der Waals surface area (Å²) in [5.41, 5.74) is 0. The molecule has 0 spiro atoms. The van der Waals surface area contributed by atoms with Crippen LogP contribution in [0, 0.1) is 5.92 Å². The first-order valence-corrected chi connectivity index (χ1v) is 9.18. The maximum atomic E-state index is 12.5. The molecule has 0 aromatic heterocycles. The summed E-state index contributed by atoms with van der Waals surface area (Å²) in [7, 11) is -1.58. The molecule has 0 aliphatic carbocycles. The van der Waals surface area contributed by atoms with Gasteiger partial charge in [-0.3, -0.25) is 0 Å². The highest BCUT2D eigenvalue weighted by Crippen LogP contribution is 2.19. The molecule has 0 bridgehead atoms. The lowest BCUT2D eigenvalue weighted by Crippen LogP contribution is -2.43. The van der Waals surface area contributed by atoms with Gasteiger partial charge in [-0.15, -0.1) is 0 Å². The predicted molar refractivity (Wildman–Crippen MR) is 83.9 cm³/mol. The molecule has 1 atom stereocenters. The zero-order valence-corrected chi connectivity index (χ0v) is 14.2. The zero-order chi connectivity index (χ0) is 15.2. The van der Waals surface area contributed by atoms with Crippen LogP contribution in [0.1, 0.15) is 46.5 Å². The lowest BCUT2D eigenvalue weighted by atomic mass is 10.0. The molecule has 120 valence electrons. The molecular weight excluding hydrogens is 274 g/mol. The molecule has 1 N–H and O–H groups in total. The van der Waals surface area contributed by atoms with Crippen LogP contribution in [0.3, 0.4) is 0 Å². The normalized spacial score (nSPS) is 22.4. The fourth-order valence-corrected chi connectivity index (χ4v) is 3.92. The highest BCUT2D eigenvalue weighted by atomic mass is 32.2. The second kappa shape index (κ2) is 8.32. The summed E-state index contributed by atoms with van der Waals surface area (Å²) in [4.78, 5) is 0. The van der Waals surface area contributed by atoms with Crippen LogP contribution < -0.4 is 5.32 Å². The SMILES string of the molecule is CC1CCCN(S(=O)(=O)N(C)CCCNC(C)C)CC1. The Morgan fingerprint density at radius 2 is 2.00 bits per heavy atom. The third-order valence-electron chi connectivity index (χ3n) is 3.90. The minimum absolute atomic E-state index is 0.448. The molecule has 6 heteroatoms. The lowest BCUT2D eigenvalue weighted by molar-refractivity contribution is 0.358. The number of nitrogens with one attached hydrogen (secondary N) is 1. The molecule has 1 heterocycles. The summed E-state index contributed by atoms with van der Waals surface area (Å²) >= 11 is 0. The van der Waals surface area contributed by atoms with Gasteiger partial charge in [-0.1, -0.05) is 20.8 Å². The third-order valence-corrected chi connectivity index (χ3v) is 5.89. The van der Waals surface area contributed by atoms with Crippen LogP contribution in [0.4, 0.5) is 0 Å². The highest BCUT2D eigenvalue weighted by molar-refractivity contribution is 7.86. The third kappa shape index (κ3) is 5.68. The average Bonchev–Trinajstić information content (AvgIpc) is 2.59. The van der Waals surface area contributed by atoms with E-state index in [9.17, 15) is 8.42 Å². The lowest BCUT2D eigenvalue weighted by Gasteiger charge is -2.26. The first kappa shape index (κ1) is 17.9. The molecule has 0 aromatic rings. The fourth-order valence-electron chi connectivity index (χ4n) is 2.47. The predicted octanol–water partition coefficient (Wildman–Crippen LogP) is 1.67. The zero-order valence-electron chi connectivity index (χ0n) is 13.4. The molecule has 1 fully saturated rings. The van der Waals surface area contributed by atoms with E-state index in [0.29, 0.717) is 31.6 Å². The quantitative estimate of drug-likeness (QED) is 0.728. The molecule has 1 rings (SSSR count). The van der Waals surface area contributed by atoms with Crippen LogP contribution in [0.15, 0.2) is 0 Å². The molecule has 0 aromatic carbocycles. The summed E-state index contributed by atoms with van der Waals surface area (Å²) in [6, 6.07) is 0.448. The van der Waals surface area contributed by atoms with Crippen molar-refractivity contribution in [1.82, 2.24) is 13.9 Å². The molecule has 5 nitrogen and oxygen atoms in total. The van der Waals surface area contributed by atoms with Gasteiger partial charge in [0.2, 0.25) is 0 Å². The van der Waals surface area contributed by atoms with E-state index in [1.165, 1.54) is 4.31 Å². The molecule has 0 radical (unpaired) electrons. The van der Waals surface area contributed by atoms with Crippen molar-refractivity contribution in [3.8, 4) is 0 Å². The summed E-state index contributed by atoms with van der Waals surface area (Å²) in [5, 5.41) is 3.31. The van der Waals surface area contributed by atoms with Crippen molar-refractivity contribution in [2.45, 2.75) is 52.5 Å². The Balaban J connectivity index is 2.45. The average molecular weight is 305 g/mol. The topological polar surface area (TPSA) is 52.7 Å². The Hall–Kier alpha value is -0.170. The number of rotatable bonds is 7. The van der Waals surface area contributed by atoms with Crippen molar-refractivity contribution in [2.24, 2.45) is 5.92 Å². The van der Waals surface area contributed by atoms with Gasteiger partial charge in [0.15, 0.2) is 0 Å². The van der Waals surface area contributed by atoms with E-state index in [0.717, 1.165) is 32.2 Å². The first-order chi connectivity index (χ1) is 9.34. The maximum absolute atomic E-state index is 12.5. The van der Waals surface area contributed by atoms with Gasteiger partial charge in [-0.05, 0) is 38.1 Å². The molecule has 0 saturated carbocycles. The van der Waals surface area contributed by atoms with Crippen molar-refractivity contribution in [3.63, 3.8) is 0 Å². The number of nitrogens with zero attached hydrogens (tertiary/aromatic N) is 2. The van der Waals surface area contributed by atoms with Crippen LogP contribution in [0.5, 0.6) is 0 Å². The largest absolute Gasteiger partial charge is 0.314 e. The summed E-state index contributed by atoms with van der Waals surface area (Å²) in [6.45, 7) is 9.16.